The van der Waals surface area contributed by atoms with Crippen molar-refractivity contribution in [3.63, 3.8) is 0 Å². The number of amides is 1. The summed E-state index contributed by atoms with van der Waals surface area (Å²) < 4.78 is 28.3. The fourth-order valence-corrected chi connectivity index (χ4v) is 3.37. The molecule has 10 nitrogen and oxygen atoms in total. The Balaban J connectivity index is 1.66. The van der Waals surface area contributed by atoms with Gasteiger partial charge in [-0.2, -0.15) is 0 Å². The number of sulfone groups is 1. The number of hydrogen-bond donors (Lipinski definition) is 2. The second-order valence-electron chi connectivity index (χ2n) is 6.38. The highest BCUT2D eigenvalue weighted by atomic mass is 32.2. The van der Waals surface area contributed by atoms with Gasteiger partial charge in [0.05, 0.1) is 9.82 Å². The number of nitro benzene ring substituents is 1. The number of rotatable bonds is 7. The van der Waals surface area contributed by atoms with E-state index in [0.717, 1.165) is 12.3 Å². The van der Waals surface area contributed by atoms with Gasteiger partial charge in [-0.3, -0.25) is 14.9 Å². The second-order valence-corrected chi connectivity index (χ2v) is 8.39. The summed E-state index contributed by atoms with van der Waals surface area (Å²) >= 11 is 0. The summed E-state index contributed by atoms with van der Waals surface area (Å²) in [7, 11) is -3.59. The highest BCUT2D eigenvalue weighted by Gasteiger charge is 2.19. The van der Waals surface area contributed by atoms with E-state index in [1.54, 1.807) is 24.3 Å². The van der Waals surface area contributed by atoms with Crippen LogP contribution >= 0.6 is 0 Å². The van der Waals surface area contributed by atoms with Gasteiger partial charge in [0.25, 0.3) is 11.6 Å². The molecule has 0 spiro atoms. The van der Waals surface area contributed by atoms with Crippen molar-refractivity contribution in [2.45, 2.75) is 4.90 Å². The maximum absolute atomic E-state index is 12.3. The quantitative estimate of drug-likeness (QED) is 0.249. The van der Waals surface area contributed by atoms with E-state index in [1.807, 2.05) is 0 Å². The van der Waals surface area contributed by atoms with Crippen molar-refractivity contribution >= 4 is 38.1 Å². The summed E-state index contributed by atoms with van der Waals surface area (Å²) in [5.41, 5.74) is -0.861. The van der Waals surface area contributed by atoms with E-state index in [2.05, 4.69) is 10.6 Å². The number of nitrogens with zero attached hydrogens (tertiary/aromatic N) is 1. The summed E-state index contributed by atoms with van der Waals surface area (Å²) in [6.45, 7) is 0.153. The normalized spacial score (nSPS) is 11.2. The van der Waals surface area contributed by atoms with Crippen LogP contribution in [-0.2, 0) is 9.84 Å². The van der Waals surface area contributed by atoms with Crippen LogP contribution in [0.5, 0.6) is 0 Å². The molecule has 1 aromatic heterocycles. The lowest BCUT2D eigenvalue weighted by Crippen LogP contribution is -2.32. The van der Waals surface area contributed by atoms with Gasteiger partial charge in [0.1, 0.15) is 16.8 Å². The number of benzene rings is 2. The topological polar surface area (TPSA) is 149 Å². The Morgan fingerprint density at radius 2 is 1.87 bits per heavy atom. The number of hydrogen-bond acceptors (Lipinski definition) is 8. The molecule has 0 aliphatic heterocycles. The van der Waals surface area contributed by atoms with E-state index < -0.39 is 32.0 Å². The minimum atomic E-state index is -3.59. The Morgan fingerprint density at radius 3 is 2.57 bits per heavy atom. The van der Waals surface area contributed by atoms with E-state index in [0.29, 0.717) is 11.0 Å². The summed E-state index contributed by atoms with van der Waals surface area (Å²) in [5.74, 6) is -0.641. The molecule has 3 aromatic rings. The smallest absolute Gasteiger partial charge is 0.349 e. The van der Waals surface area contributed by atoms with Gasteiger partial charge in [0.2, 0.25) is 0 Å². The van der Waals surface area contributed by atoms with Crippen LogP contribution in [0, 0.1) is 10.1 Å². The predicted octanol–water partition coefficient (Wildman–Crippen LogP) is 1.95. The van der Waals surface area contributed by atoms with E-state index >= 15 is 0 Å². The standard InChI is InChI=1S/C19H17N3O7S/c1-30(27,28)13-6-7-15(16(11-13)22(25)26)20-8-9-21-18(23)14-10-12-4-2-3-5-17(12)29-19(14)24/h2-7,10-11,20H,8-9H2,1H3,(H,21,23). The molecule has 0 radical (unpaired) electrons. The van der Waals surface area contributed by atoms with E-state index in [9.17, 15) is 28.1 Å². The zero-order chi connectivity index (χ0) is 21.9. The average molecular weight is 431 g/mol. The largest absolute Gasteiger partial charge is 0.422 e. The number of anilines is 1. The maximum Gasteiger partial charge on any atom is 0.349 e. The number of carbonyl (C=O) groups excluding carboxylic acids is 1. The third-order valence-corrected chi connectivity index (χ3v) is 5.32. The van der Waals surface area contributed by atoms with Crippen molar-refractivity contribution in [2.24, 2.45) is 0 Å². The molecule has 3 rings (SSSR count). The molecule has 30 heavy (non-hydrogen) atoms. The summed E-state index contributed by atoms with van der Waals surface area (Å²) in [6.07, 6.45) is 0.956. The Morgan fingerprint density at radius 1 is 1.13 bits per heavy atom. The lowest BCUT2D eigenvalue weighted by molar-refractivity contribution is -0.384. The summed E-state index contributed by atoms with van der Waals surface area (Å²) in [5, 5.41) is 17.1. The monoisotopic (exact) mass is 431 g/mol. The highest BCUT2D eigenvalue weighted by molar-refractivity contribution is 7.90. The summed E-state index contributed by atoms with van der Waals surface area (Å²) in [6, 6.07) is 11.7. The van der Waals surface area contributed by atoms with Gasteiger partial charge in [-0.25, -0.2) is 13.2 Å². The second kappa shape index (κ2) is 8.33. The van der Waals surface area contributed by atoms with Crippen LogP contribution in [0.1, 0.15) is 10.4 Å². The highest BCUT2D eigenvalue weighted by Crippen LogP contribution is 2.27. The molecule has 2 aromatic carbocycles. The molecule has 156 valence electrons. The van der Waals surface area contributed by atoms with Crippen molar-refractivity contribution in [3.8, 4) is 0 Å². The number of fused-ring (bicyclic) bond motifs is 1. The molecule has 0 saturated heterocycles. The molecule has 0 bridgehead atoms. The van der Waals surface area contributed by atoms with Crippen LogP contribution in [0.4, 0.5) is 11.4 Å². The fourth-order valence-electron chi connectivity index (χ4n) is 2.73. The fraction of sp³-hybridized carbons (Fsp3) is 0.158. The van der Waals surface area contributed by atoms with Crippen LogP contribution in [0.3, 0.4) is 0 Å². The molecule has 0 atom stereocenters. The molecule has 1 heterocycles. The van der Waals surface area contributed by atoms with Crippen LogP contribution in [0.15, 0.2) is 62.6 Å². The van der Waals surface area contributed by atoms with Gasteiger partial charge in [0, 0.05) is 30.8 Å². The first-order chi connectivity index (χ1) is 14.2. The Bertz CT molecular complexity index is 1300. The molecule has 0 unspecified atom stereocenters. The van der Waals surface area contributed by atoms with Crippen molar-refractivity contribution in [3.05, 3.63) is 74.6 Å². The number of nitrogens with one attached hydrogen (secondary N) is 2. The summed E-state index contributed by atoms with van der Waals surface area (Å²) in [4.78, 5) is 34.6. The predicted molar refractivity (Wildman–Crippen MR) is 110 cm³/mol. The minimum Gasteiger partial charge on any atom is -0.422 e. The molecule has 2 N–H and O–H groups in total. The van der Waals surface area contributed by atoms with Gasteiger partial charge in [-0.05, 0) is 24.3 Å². The lowest BCUT2D eigenvalue weighted by atomic mass is 10.2. The third kappa shape index (κ3) is 4.63. The van der Waals surface area contributed by atoms with Gasteiger partial charge in [-0.15, -0.1) is 0 Å². The number of para-hydroxylation sites is 1. The van der Waals surface area contributed by atoms with Crippen LogP contribution in [0.2, 0.25) is 0 Å². The first-order valence-corrected chi connectivity index (χ1v) is 10.6. The van der Waals surface area contributed by atoms with Crippen LogP contribution < -0.4 is 16.3 Å². The first kappa shape index (κ1) is 21.0. The van der Waals surface area contributed by atoms with E-state index in [-0.39, 0.29) is 29.2 Å². The van der Waals surface area contributed by atoms with Crippen molar-refractivity contribution in [2.75, 3.05) is 24.7 Å². The van der Waals surface area contributed by atoms with Crippen molar-refractivity contribution in [1.82, 2.24) is 5.32 Å². The Hall–Kier alpha value is -3.73. The first-order valence-electron chi connectivity index (χ1n) is 8.70. The Labute approximate surface area is 170 Å². The van der Waals surface area contributed by atoms with Crippen LogP contribution in [0.25, 0.3) is 11.0 Å². The van der Waals surface area contributed by atoms with Crippen LogP contribution in [-0.4, -0.2) is 38.6 Å². The maximum atomic E-state index is 12.3. The van der Waals surface area contributed by atoms with Gasteiger partial charge in [-0.1, -0.05) is 18.2 Å². The molecule has 0 fully saturated rings. The Kier molecular flexibility index (Phi) is 5.83. The van der Waals surface area contributed by atoms with Gasteiger partial charge in [0.15, 0.2) is 9.84 Å². The minimum absolute atomic E-state index is 0.0517. The zero-order valence-electron chi connectivity index (χ0n) is 15.7. The molecule has 0 aliphatic carbocycles. The lowest BCUT2D eigenvalue weighted by Gasteiger charge is -2.09. The van der Waals surface area contributed by atoms with E-state index in [4.69, 9.17) is 4.42 Å². The molecule has 0 saturated carbocycles. The van der Waals surface area contributed by atoms with E-state index in [1.165, 1.54) is 18.2 Å². The number of nitro groups is 1. The SMILES string of the molecule is CS(=O)(=O)c1ccc(NCCNC(=O)c2cc3ccccc3oc2=O)c([N+](=O)[O-])c1. The molecular formula is C19H17N3O7S. The van der Waals surface area contributed by atoms with Crippen molar-refractivity contribution in [1.29, 1.82) is 0 Å². The zero-order valence-corrected chi connectivity index (χ0v) is 16.6. The van der Waals surface area contributed by atoms with Gasteiger partial charge < -0.3 is 15.1 Å². The molecule has 1 amide bonds. The molecular weight excluding hydrogens is 414 g/mol. The molecule has 0 aliphatic rings. The van der Waals surface area contributed by atoms with Gasteiger partial charge >= 0.3 is 5.63 Å². The third-order valence-electron chi connectivity index (χ3n) is 4.21. The van der Waals surface area contributed by atoms with Crippen molar-refractivity contribution < 1.29 is 22.6 Å². The average Bonchev–Trinajstić information content (AvgIpc) is 2.69. The molecule has 11 heteroatoms. The number of carbonyl (C=O) groups is 1.